The largest absolute Gasteiger partial charge is 0.507 e. The van der Waals surface area contributed by atoms with Gasteiger partial charge in [0.05, 0.1) is 22.3 Å². The first-order chi connectivity index (χ1) is 26.4. The number of nitrogens with zero attached hydrogens (tertiary/aromatic N) is 3. The highest BCUT2D eigenvalue weighted by Gasteiger charge is 2.23. The molecule has 0 saturated heterocycles. The highest BCUT2D eigenvalue weighted by Crippen LogP contribution is 2.42. The van der Waals surface area contributed by atoms with Gasteiger partial charge in [-0.25, -0.2) is 4.98 Å². The predicted molar refractivity (Wildman–Crippen MR) is 227 cm³/mol. The summed E-state index contributed by atoms with van der Waals surface area (Å²) in [6.45, 7) is 13.5. The van der Waals surface area contributed by atoms with Crippen LogP contribution in [0.25, 0.3) is 83.6 Å². The number of pyridine rings is 1. The lowest BCUT2D eigenvalue weighted by Crippen LogP contribution is -2.11. The van der Waals surface area contributed by atoms with Crippen molar-refractivity contribution in [3.63, 3.8) is 0 Å². The number of fused-ring (bicyclic) bond motifs is 4. The van der Waals surface area contributed by atoms with Crippen LogP contribution in [0.2, 0.25) is 0 Å². The SMILES string of the molecule is CC(C)(C)c1ccc(-c2ccnc(-c3cc(-c4cccc5c4nc(-c4cc6oc7ccccc7c6cc4O)n5-c4ccccc4)cc(C(C)(C)C)c3)c2)cc1. The van der Waals surface area contributed by atoms with E-state index in [1.54, 1.807) is 6.07 Å². The zero-order valence-electron chi connectivity index (χ0n) is 32.1. The molecule has 0 amide bonds. The van der Waals surface area contributed by atoms with Crippen molar-refractivity contribution in [1.29, 1.82) is 0 Å². The molecule has 9 aromatic rings. The van der Waals surface area contributed by atoms with Crippen LogP contribution in [0.3, 0.4) is 0 Å². The van der Waals surface area contributed by atoms with Crippen LogP contribution in [-0.2, 0) is 10.8 Å². The first kappa shape index (κ1) is 34.3. The number of para-hydroxylation sites is 3. The van der Waals surface area contributed by atoms with Crippen LogP contribution in [0.5, 0.6) is 5.75 Å². The Hall–Kier alpha value is -6.46. The summed E-state index contributed by atoms with van der Waals surface area (Å²) in [4.78, 5) is 10.3. The van der Waals surface area contributed by atoms with Crippen LogP contribution < -0.4 is 0 Å². The fourth-order valence-electron chi connectivity index (χ4n) is 7.58. The topological polar surface area (TPSA) is 64.1 Å². The van der Waals surface area contributed by atoms with E-state index in [4.69, 9.17) is 14.4 Å². The molecule has 0 atom stereocenters. The quantitative estimate of drug-likeness (QED) is 0.192. The third-order valence-electron chi connectivity index (χ3n) is 10.7. The summed E-state index contributed by atoms with van der Waals surface area (Å²) in [6.07, 6.45) is 1.91. The normalized spacial score (nSPS) is 12.3. The maximum Gasteiger partial charge on any atom is 0.149 e. The lowest BCUT2D eigenvalue weighted by molar-refractivity contribution is 0.477. The average Bonchev–Trinajstić information content (AvgIpc) is 3.75. The number of rotatable bonds is 5. The molecule has 0 saturated carbocycles. The molecule has 55 heavy (non-hydrogen) atoms. The van der Waals surface area contributed by atoms with E-state index in [1.165, 1.54) is 11.1 Å². The molecule has 1 N–H and O–H groups in total. The molecule has 3 heterocycles. The number of phenolic OH excluding ortho intramolecular Hbond substituents is 1. The number of aromatic hydroxyl groups is 1. The summed E-state index contributed by atoms with van der Waals surface area (Å²) in [5.74, 6) is 0.775. The molecule has 0 bridgehead atoms. The standard InChI is InChI=1S/C50H43N3O2/c1-49(2,3)35-21-19-31(20-22-35)32-23-24-51-42(28-32)34-25-33(26-36(27-34)50(4,5)6)38-16-12-17-43-47(38)52-48(53(43)37-13-8-7-9-14-37)41-30-46-40(29-44(41)54)39-15-10-11-18-45(39)55-46/h7-30,54H,1-6H3. The predicted octanol–water partition coefficient (Wildman–Crippen LogP) is 13.3. The Morgan fingerprint density at radius 2 is 1.27 bits per heavy atom. The molecular formula is C50H43N3O2. The van der Waals surface area contributed by atoms with Gasteiger partial charge in [-0.15, -0.1) is 0 Å². The van der Waals surface area contributed by atoms with Gasteiger partial charge in [0, 0.05) is 33.8 Å². The second kappa shape index (κ2) is 12.8. The summed E-state index contributed by atoms with van der Waals surface area (Å²) >= 11 is 0. The van der Waals surface area contributed by atoms with Crippen LogP contribution in [0.15, 0.2) is 150 Å². The maximum absolute atomic E-state index is 11.7. The van der Waals surface area contributed by atoms with Gasteiger partial charge in [0.15, 0.2) is 0 Å². The fourth-order valence-corrected chi connectivity index (χ4v) is 7.58. The molecule has 270 valence electrons. The first-order valence-electron chi connectivity index (χ1n) is 18.9. The van der Waals surface area contributed by atoms with Gasteiger partial charge in [-0.2, -0.15) is 0 Å². The molecule has 0 aliphatic rings. The first-order valence-corrected chi connectivity index (χ1v) is 18.9. The molecule has 6 aromatic carbocycles. The zero-order valence-corrected chi connectivity index (χ0v) is 32.1. The van der Waals surface area contributed by atoms with E-state index in [-0.39, 0.29) is 16.6 Å². The number of benzene rings is 6. The van der Waals surface area contributed by atoms with Crippen LogP contribution in [0.4, 0.5) is 0 Å². The molecule has 0 aliphatic heterocycles. The summed E-state index contributed by atoms with van der Waals surface area (Å²) in [6, 6.07) is 48.1. The lowest BCUT2D eigenvalue weighted by atomic mass is 9.83. The van der Waals surface area contributed by atoms with Gasteiger partial charge in [-0.1, -0.05) is 120 Å². The highest BCUT2D eigenvalue weighted by molar-refractivity contribution is 6.07. The Kier molecular flexibility index (Phi) is 8.01. The third-order valence-corrected chi connectivity index (χ3v) is 10.7. The number of imidazole rings is 1. The summed E-state index contributed by atoms with van der Waals surface area (Å²) in [5, 5.41) is 13.5. The second-order valence-corrected chi connectivity index (χ2v) is 16.5. The van der Waals surface area contributed by atoms with Gasteiger partial charge >= 0.3 is 0 Å². The highest BCUT2D eigenvalue weighted by atomic mass is 16.3. The van der Waals surface area contributed by atoms with Crippen molar-refractivity contribution < 1.29 is 9.52 Å². The van der Waals surface area contributed by atoms with Gasteiger partial charge in [0.2, 0.25) is 0 Å². The smallest absolute Gasteiger partial charge is 0.149 e. The van der Waals surface area contributed by atoms with Crippen molar-refractivity contribution in [1.82, 2.24) is 14.5 Å². The number of aromatic nitrogens is 3. The van der Waals surface area contributed by atoms with Crippen LogP contribution in [0.1, 0.15) is 52.7 Å². The molecule has 0 spiro atoms. The number of furan rings is 1. The number of phenols is 1. The molecule has 0 aliphatic carbocycles. The van der Waals surface area contributed by atoms with E-state index < -0.39 is 0 Å². The van der Waals surface area contributed by atoms with E-state index >= 15 is 0 Å². The molecule has 5 heteroatoms. The fraction of sp³-hybridized carbons (Fsp3) is 0.160. The van der Waals surface area contributed by atoms with Crippen molar-refractivity contribution >= 4 is 33.0 Å². The van der Waals surface area contributed by atoms with E-state index in [9.17, 15) is 5.11 Å². The van der Waals surface area contributed by atoms with Crippen molar-refractivity contribution in [2.75, 3.05) is 0 Å². The van der Waals surface area contributed by atoms with Gasteiger partial charge in [0.25, 0.3) is 0 Å². The van der Waals surface area contributed by atoms with Crippen molar-refractivity contribution in [2.24, 2.45) is 0 Å². The van der Waals surface area contributed by atoms with Crippen molar-refractivity contribution in [3.8, 4) is 56.3 Å². The van der Waals surface area contributed by atoms with Crippen LogP contribution >= 0.6 is 0 Å². The van der Waals surface area contributed by atoms with Gasteiger partial charge in [-0.05, 0) is 99.3 Å². The van der Waals surface area contributed by atoms with Crippen molar-refractivity contribution in [2.45, 2.75) is 52.4 Å². The summed E-state index contributed by atoms with van der Waals surface area (Å²) < 4.78 is 8.42. The number of hydrogen-bond donors (Lipinski definition) is 1. The van der Waals surface area contributed by atoms with E-state index in [0.717, 1.165) is 66.6 Å². The molecule has 9 rings (SSSR count). The van der Waals surface area contributed by atoms with Gasteiger partial charge < -0.3 is 9.52 Å². The van der Waals surface area contributed by atoms with Crippen molar-refractivity contribution in [3.05, 3.63) is 157 Å². The van der Waals surface area contributed by atoms with Gasteiger partial charge in [0.1, 0.15) is 22.7 Å². The zero-order chi connectivity index (χ0) is 38.1. The Labute approximate surface area is 321 Å². The Bertz CT molecular complexity index is 2880. The van der Waals surface area contributed by atoms with Crippen LogP contribution in [0, 0.1) is 0 Å². The lowest BCUT2D eigenvalue weighted by Gasteiger charge is -2.22. The third kappa shape index (κ3) is 6.16. The van der Waals surface area contributed by atoms with E-state index in [0.29, 0.717) is 17.0 Å². The molecule has 3 aromatic heterocycles. The molecule has 0 radical (unpaired) electrons. The minimum atomic E-state index is -0.124. The molecule has 0 unspecified atom stereocenters. The minimum absolute atomic E-state index is 0.0921. The average molecular weight is 718 g/mol. The molecular weight excluding hydrogens is 675 g/mol. The van der Waals surface area contributed by atoms with E-state index in [2.05, 4.69) is 131 Å². The minimum Gasteiger partial charge on any atom is -0.507 e. The number of hydrogen-bond acceptors (Lipinski definition) is 4. The van der Waals surface area contributed by atoms with Gasteiger partial charge in [-0.3, -0.25) is 9.55 Å². The maximum atomic E-state index is 11.7. The molecule has 5 nitrogen and oxygen atoms in total. The Morgan fingerprint density at radius 1 is 0.545 bits per heavy atom. The monoisotopic (exact) mass is 717 g/mol. The van der Waals surface area contributed by atoms with E-state index in [1.807, 2.05) is 54.7 Å². The second-order valence-electron chi connectivity index (χ2n) is 16.5. The summed E-state index contributed by atoms with van der Waals surface area (Å²) in [5.41, 5.74) is 13.6. The summed E-state index contributed by atoms with van der Waals surface area (Å²) in [7, 11) is 0. The molecule has 0 fully saturated rings. The van der Waals surface area contributed by atoms with Crippen LogP contribution in [-0.4, -0.2) is 19.6 Å². The Balaban J connectivity index is 1.23. The Morgan fingerprint density at radius 3 is 2.04 bits per heavy atom.